The highest BCUT2D eigenvalue weighted by Crippen LogP contribution is 2.40. The van der Waals surface area contributed by atoms with Crippen molar-refractivity contribution >= 4 is 29.3 Å². The summed E-state index contributed by atoms with van der Waals surface area (Å²) in [4.78, 5) is 4.94. The first-order valence-electron chi connectivity index (χ1n) is 15.7. The van der Waals surface area contributed by atoms with Crippen molar-refractivity contribution in [1.82, 2.24) is 15.6 Å². The highest BCUT2D eigenvalue weighted by molar-refractivity contribution is 6.36. The summed E-state index contributed by atoms with van der Waals surface area (Å²) in [5, 5.41) is 8.48. The molecule has 0 saturated carbocycles. The monoisotopic (exact) mass is 623 g/mol. The third-order valence-corrected chi connectivity index (χ3v) is 9.52. The molecule has 0 spiro atoms. The number of fused-ring (bicyclic) bond motifs is 1. The maximum absolute atomic E-state index is 7.23. The molecule has 1 atom stereocenters. The molecule has 1 aliphatic rings. The predicted octanol–water partition coefficient (Wildman–Crippen LogP) is 9.80. The zero-order chi connectivity index (χ0) is 31.2. The Balaban J connectivity index is 1.43. The van der Waals surface area contributed by atoms with Crippen LogP contribution in [0.1, 0.15) is 66.4 Å². The van der Waals surface area contributed by atoms with E-state index in [1.807, 2.05) is 19.1 Å². The second-order valence-electron chi connectivity index (χ2n) is 11.9. The van der Waals surface area contributed by atoms with E-state index in [1.165, 1.54) is 33.4 Å². The number of hydrogen-bond acceptors (Lipinski definition) is 3. The van der Waals surface area contributed by atoms with Gasteiger partial charge in [0.2, 0.25) is 0 Å². The topological polar surface area (TPSA) is 37.0 Å². The van der Waals surface area contributed by atoms with E-state index in [2.05, 4.69) is 92.2 Å². The summed E-state index contributed by atoms with van der Waals surface area (Å²) in [5.74, 6) is 0. The molecule has 1 unspecified atom stereocenters. The molecular weight excluding hydrogens is 581 g/mol. The van der Waals surface area contributed by atoms with Gasteiger partial charge in [0.05, 0.1) is 21.4 Å². The second kappa shape index (κ2) is 14.7. The number of nitrogens with zero attached hydrogens (tertiary/aromatic N) is 1. The number of halogens is 2. The maximum Gasteiger partial charge on any atom is 0.0673 e. The first-order chi connectivity index (χ1) is 21.3. The first kappa shape index (κ1) is 32.2. The van der Waals surface area contributed by atoms with Crippen molar-refractivity contribution < 1.29 is 0 Å². The molecule has 1 aliphatic heterocycles. The Morgan fingerprint density at radius 3 is 2.52 bits per heavy atom. The average molecular weight is 625 g/mol. The Labute approximate surface area is 273 Å². The molecule has 0 saturated heterocycles. The smallest absolute Gasteiger partial charge is 0.0673 e. The number of nitrogens with one attached hydrogen (secondary N) is 2. The van der Waals surface area contributed by atoms with Crippen molar-refractivity contribution in [2.75, 3.05) is 6.54 Å². The van der Waals surface area contributed by atoms with E-state index in [0.29, 0.717) is 11.6 Å². The van der Waals surface area contributed by atoms with Gasteiger partial charge in [-0.3, -0.25) is 4.98 Å². The van der Waals surface area contributed by atoms with Crippen molar-refractivity contribution in [3.63, 3.8) is 0 Å². The van der Waals surface area contributed by atoms with Gasteiger partial charge >= 0.3 is 0 Å². The zero-order valence-corrected chi connectivity index (χ0v) is 27.7. The van der Waals surface area contributed by atoms with E-state index in [0.717, 1.165) is 83.9 Å². The molecule has 0 radical (unpaired) electrons. The van der Waals surface area contributed by atoms with Gasteiger partial charge in [-0.05, 0) is 103 Å². The fourth-order valence-electron chi connectivity index (χ4n) is 6.04. The Morgan fingerprint density at radius 1 is 0.977 bits per heavy atom. The highest BCUT2D eigenvalue weighted by Gasteiger charge is 2.18. The number of aryl methyl sites for hydroxylation is 2. The molecule has 228 valence electrons. The molecule has 3 nitrogen and oxygen atoms in total. The van der Waals surface area contributed by atoms with Crippen LogP contribution in [0.4, 0.5) is 0 Å². The highest BCUT2D eigenvalue weighted by atomic mass is 35.5. The summed E-state index contributed by atoms with van der Waals surface area (Å²) < 4.78 is 0. The van der Waals surface area contributed by atoms with Gasteiger partial charge in [-0.1, -0.05) is 104 Å². The van der Waals surface area contributed by atoms with Crippen molar-refractivity contribution in [2.45, 2.75) is 72.0 Å². The summed E-state index contributed by atoms with van der Waals surface area (Å²) in [7, 11) is 0. The SMILES string of the molecule is C=Cc1nc(CCc2cccc(-c3cccc(-c4ccc5c(c4)CNCC5)c3Cl)c2CCC)c(Cl)cc1CNC(C)C(=C)C. The summed E-state index contributed by atoms with van der Waals surface area (Å²) in [5.41, 5.74) is 13.9. The van der Waals surface area contributed by atoms with Gasteiger partial charge in [0.15, 0.2) is 0 Å². The second-order valence-corrected chi connectivity index (χ2v) is 12.7. The molecule has 2 N–H and O–H groups in total. The van der Waals surface area contributed by atoms with Gasteiger partial charge in [0, 0.05) is 30.3 Å². The number of rotatable bonds is 12. The fourth-order valence-corrected chi connectivity index (χ4v) is 6.65. The standard InChI is InChI=1S/C39H43Cl2N3/c1-6-10-32-28(17-18-38-36(40)22-31(37(7-2)44-38)24-43-26(5)25(3)4)11-8-13-34(32)35-14-9-12-33(39(35)41)29-16-15-27-19-20-42-23-30(27)21-29/h7-9,11-16,21-22,26,42-43H,2-3,6,10,17-20,23-24H2,1,4-5H3. The average Bonchev–Trinajstić information content (AvgIpc) is 3.03. The molecule has 1 aromatic heterocycles. The molecule has 0 amide bonds. The van der Waals surface area contributed by atoms with Gasteiger partial charge in [-0.2, -0.15) is 0 Å². The summed E-state index contributed by atoms with van der Waals surface area (Å²) >= 11 is 14.0. The Morgan fingerprint density at radius 2 is 1.75 bits per heavy atom. The van der Waals surface area contributed by atoms with Gasteiger partial charge in [-0.15, -0.1) is 0 Å². The van der Waals surface area contributed by atoms with Gasteiger partial charge in [-0.25, -0.2) is 0 Å². The van der Waals surface area contributed by atoms with Crippen molar-refractivity contribution in [3.05, 3.63) is 129 Å². The Bertz CT molecular complexity index is 1670. The van der Waals surface area contributed by atoms with Crippen LogP contribution in [0.15, 0.2) is 79.4 Å². The van der Waals surface area contributed by atoms with Crippen molar-refractivity contribution in [3.8, 4) is 22.3 Å². The van der Waals surface area contributed by atoms with Crippen LogP contribution in [0.25, 0.3) is 28.3 Å². The number of pyridine rings is 1. The number of hydrogen-bond donors (Lipinski definition) is 2. The van der Waals surface area contributed by atoms with Crippen LogP contribution in [-0.2, 0) is 38.8 Å². The van der Waals surface area contributed by atoms with E-state index < -0.39 is 0 Å². The summed E-state index contributed by atoms with van der Waals surface area (Å²) in [6.45, 7) is 17.0. The molecule has 3 aromatic carbocycles. The quantitative estimate of drug-likeness (QED) is 0.154. The molecule has 4 aromatic rings. The zero-order valence-electron chi connectivity index (χ0n) is 26.2. The first-order valence-corrected chi connectivity index (χ1v) is 16.5. The van der Waals surface area contributed by atoms with Crippen LogP contribution in [0.2, 0.25) is 10.0 Å². The largest absolute Gasteiger partial charge is 0.312 e. The van der Waals surface area contributed by atoms with Crippen LogP contribution in [0.3, 0.4) is 0 Å². The minimum absolute atomic E-state index is 0.208. The molecule has 0 fully saturated rings. The van der Waals surface area contributed by atoms with Gasteiger partial charge in [0.1, 0.15) is 0 Å². The number of benzene rings is 3. The lowest BCUT2D eigenvalue weighted by Gasteiger charge is -2.20. The van der Waals surface area contributed by atoms with E-state index in [1.54, 1.807) is 0 Å². The van der Waals surface area contributed by atoms with Gasteiger partial charge < -0.3 is 10.6 Å². The minimum atomic E-state index is 0.208. The molecule has 44 heavy (non-hydrogen) atoms. The molecule has 0 bridgehead atoms. The van der Waals surface area contributed by atoms with Crippen molar-refractivity contribution in [1.29, 1.82) is 0 Å². The van der Waals surface area contributed by atoms with Crippen LogP contribution in [0.5, 0.6) is 0 Å². The van der Waals surface area contributed by atoms with E-state index >= 15 is 0 Å². The molecule has 2 heterocycles. The van der Waals surface area contributed by atoms with E-state index in [9.17, 15) is 0 Å². The van der Waals surface area contributed by atoms with Crippen LogP contribution >= 0.6 is 23.2 Å². The van der Waals surface area contributed by atoms with E-state index in [4.69, 9.17) is 28.2 Å². The third-order valence-electron chi connectivity index (χ3n) is 8.79. The Hall–Kier alpha value is -3.21. The van der Waals surface area contributed by atoms with Crippen molar-refractivity contribution in [2.24, 2.45) is 0 Å². The molecular formula is C39H43Cl2N3. The third kappa shape index (κ3) is 7.19. The Kier molecular flexibility index (Phi) is 10.8. The predicted molar refractivity (Wildman–Crippen MR) is 190 cm³/mol. The maximum atomic E-state index is 7.23. The van der Waals surface area contributed by atoms with Crippen LogP contribution < -0.4 is 10.6 Å². The summed E-state index contributed by atoms with van der Waals surface area (Å²) in [6.07, 6.45) is 6.49. The minimum Gasteiger partial charge on any atom is -0.312 e. The van der Waals surface area contributed by atoms with Gasteiger partial charge in [0.25, 0.3) is 0 Å². The lowest BCUT2D eigenvalue weighted by atomic mass is 9.88. The lowest BCUT2D eigenvalue weighted by Crippen LogP contribution is -2.26. The normalized spacial score (nSPS) is 13.4. The lowest BCUT2D eigenvalue weighted by molar-refractivity contribution is 0.608. The molecule has 5 heteroatoms. The van der Waals surface area contributed by atoms with E-state index in [-0.39, 0.29) is 6.04 Å². The van der Waals surface area contributed by atoms with Crippen LogP contribution in [-0.4, -0.2) is 17.6 Å². The molecule has 0 aliphatic carbocycles. The number of aromatic nitrogens is 1. The van der Waals surface area contributed by atoms with Crippen LogP contribution in [0, 0.1) is 0 Å². The molecule has 5 rings (SSSR count). The fraction of sp³-hybridized carbons (Fsp3) is 0.308. The summed E-state index contributed by atoms with van der Waals surface area (Å²) in [6, 6.07) is 22.0.